The Hall–Kier alpha value is -2.14. The highest BCUT2D eigenvalue weighted by atomic mass is 32.1. The third-order valence-electron chi connectivity index (χ3n) is 2.93. The molecule has 0 amide bonds. The van der Waals surface area contributed by atoms with Gasteiger partial charge in [0.25, 0.3) is 0 Å². The van der Waals surface area contributed by atoms with E-state index in [-0.39, 0.29) is 11.6 Å². The Kier molecular flexibility index (Phi) is 2.83. The highest BCUT2D eigenvalue weighted by Gasteiger charge is 2.21. The van der Waals surface area contributed by atoms with Gasteiger partial charge in [0.05, 0.1) is 10.4 Å². The van der Waals surface area contributed by atoms with E-state index in [0.717, 1.165) is 10.4 Å². The van der Waals surface area contributed by atoms with Crippen LogP contribution >= 0.6 is 11.3 Å². The van der Waals surface area contributed by atoms with Gasteiger partial charge in [0.2, 0.25) is 0 Å². The van der Waals surface area contributed by atoms with E-state index < -0.39 is 0 Å². The average molecular weight is 274 g/mol. The van der Waals surface area contributed by atoms with Crippen LogP contribution in [-0.2, 0) is 0 Å². The van der Waals surface area contributed by atoms with Crippen LogP contribution < -0.4 is 5.73 Å². The lowest BCUT2D eigenvalue weighted by Crippen LogP contribution is -1.91. The molecule has 3 rings (SSSR count). The maximum Gasteiger partial charge on any atom is 0.187 e. The molecule has 1 aromatic carbocycles. The first-order valence-electron chi connectivity index (χ1n) is 5.73. The molecular weight excluding hydrogens is 263 g/mol. The first-order chi connectivity index (χ1) is 9.18. The van der Waals surface area contributed by atoms with Gasteiger partial charge in [-0.1, -0.05) is 23.4 Å². The molecule has 2 N–H and O–H groups in total. The molecule has 19 heavy (non-hydrogen) atoms. The number of hydrogen-bond donors (Lipinski definition) is 1. The molecule has 0 radical (unpaired) electrons. The van der Waals surface area contributed by atoms with Crippen LogP contribution in [0.25, 0.3) is 21.8 Å². The minimum absolute atomic E-state index is 0.202. The third-order valence-corrected chi connectivity index (χ3v) is 3.95. The number of rotatable bonds is 2. The number of aromatic nitrogens is 1. The average Bonchev–Trinajstić information content (AvgIpc) is 2.96. The monoisotopic (exact) mass is 274 g/mol. The number of nitrogen functional groups attached to an aromatic ring is 1. The number of halogens is 1. The first-order valence-corrected chi connectivity index (χ1v) is 6.61. The fraction of sp³-hybridized carbons (Fsp3) is 0.0714. The number of hydrogen-bond acceptors (Lipinski definition) is 4. The van der Waals surface area contributed by atoms with Crippen molar-refractivity contribution in [1.29, 1.82) is 0 Å². The summed E-state index contributed by atoms with van der Waals surface area (Å²) in [6.07, 6.45) is 0. The van der Waals surface area contributed by atoms with Gasteiger partial charge >= 0.3 is 0 Å². The zero-order chi connectivity index (χ0) is 13.4. The second-order valence-electron chi connectivity index (χ2n) is 4.18. The molecule has 0 unspecified atom stereocenters. The van der Waals surface area contributed by atoms with Crippen molar-refractivity contribution in [1.82, 2.24) is 5.16 Å². The second kappa shape index (κ2) is 4.51. The molecule has 5 heteroatoms. The lowest BCUT2D eigenvalue weighted by molar-refractivity contribution is 0.436. The van der Waals surface area contributed by atoms with Gasteiger partial charge in [-0.05, 0) is 30.0 Å². The minimum atomic E-state index is -0.340. The molecule has 3 nitrogen and oxygen atoms in total. The van der Waals surface area contributed by atoms with Crippen molar-refractivity contribution in [2.75, 3.05) is 5.73 Å². The summed E-state index contributed by atoms with van der Waals surface area (Å²) in [6, 6.07) is 8.44. The van der Waals surface area contributed by atoms with E-state index in [2.05, 4.69) is 5.16 Å². The summed E-state index contributed by atoms with van der Waals surface area (Å²) < 4.78 is 19.2. The molecule has 0 aliphatic carbocycles. The van der Waals surface area contributed by atoms with Gasteiger partial charge in [0.15, 0.2) is 11.6 Å². The molecule has 0 saturated carbocycles. The molecule has 0 saturated heterocycles. The highest BCUT2D eigenvalue weighted by Crippen LogP contribution is 2.40. The second-order valence-corrected chi connectivity index (χ2v) is 5.10. The van der Waals surface area contributed by atoms with Gasteiger partial charge in [-0.2, -0.15) is 0 Å². The van der Waals surface area contributed by atoms with Crippen molar-refractivity contribution in [3.05, 3.63) is 47.1 Å². The van der Waals surface area contributed by atoms with Crippen LogP contribution in [0.3, 0.4) is 0 Å². The van der Waals surface area contributed by atoms with Crippen molar-refractivity contribution in [2.24, 2.45) is 0 Å². The lowest BCUT2D eigenvalue weighted by Gasteiger charge is -2.03. The Morgan fingerprint density at radius 1 is 1.26 bits per heavy atom. The Morgan fingerprint density at radius 2 is 2.05 bits per heavy atom. The standard InChI is InChI=1S/C14H11FN2OS/c1-8-6-7-19-13(8)12-11(14(16)17-18-12)9-4-2-3-5-10(9)15/h2-7H,1H3,(H2,16,17). The zero-order valence-electron chi connectivity index (χ0n) is 10.2. The zero-order valence-corrected chi connectivity index (χ0v) is 11.0. The van der Waals surface area contributed by atoms with Crippen molar-refractivity contribution < 1.29 is 8.91 Å². The van der Waals surface area contributed by atoms with E-state index >= 15 is 0 Å². The SMILES string of the molecule is Cc1ccsc1-c1onc(N)c1-c1ccccc1F. The number of nitrogens with two attached hydrogens (primary N) is 1. The number of aryl methyl sites for hydroxylation is 1. The van der Waals surface area contributed by atoms with Crippen LogP contribution in [0.1, 0.15) is 5.56 Å². The van der Waals surface area contributed by atoms with Gasteiger partial charge in [0, 0.05) is 5.56 Å². The predicted octanol–water partition coefficient (Wildman–Crippen LogP) is 4.10. The van der Waals surface area contributed by atoms with Gasteiger partial charge < -0.3 is 10.3 Å². The maximum absolute atomic E-state index is 13.9. The van der Waals surface area contributed by atoms with Crippen molar-refractivity contribution in [3.8, 4) is 21.8 Å². The van der Waals surface area contributed by atoms with Gasteiger partial charge in [-0.3, -0.25) is 0 Å². The van der Waals surface area contributed by atoms with E-state index in [1.54, 1.807) is 18.2 Å². The fourth-order valence-corrected chi connectivity index (χ4v) is 2.90. The molecule has 2 aromatic heterocycles. The van der Waals surface area contributed by atoms with E-state index in [4.69, 9.17) is 10.3 Å². The predicted molar refractivity (Wildman–Crippen MR) is 74.4 cm³/mol. The van der Waals surface area contributed by atoms with Crippen molar-refractivity contribution in [3.63, 3.8) is 0 Å². The van der Waals surface area contributed by atoms with Crippen LogP contribution in [0.15, 0.2) is 40.2 Å². The van der Waals surface area contributed by atoms with Crippen LogP contribution in [0.5, 0.6) is 0 Å². The molecule has 0 fully saturated rings. The van der Waals surface area contributed by atoms with Crippen LogP contribution in [0.4, 0.5) is 10.2 Å². The molecule has 0 atom stereocenters. The van der Waals surface area contributed by atoms with Crippen LogP contribution in [0, 0.1) is 12.7 Å². The highest BCUT2D eigenvalue weighted by molar-refractivity contribution is 7.13. The summed E-state index contributed by atoms with van der Waals surface area (Å²) in [5.74, 6) is 0.385. The first kappa shape index (κ1) is 11.9. The van der Waals surface area contributed by atoms with E-state index in [0.29, 0.717) is 16.9 Å². The summed E-state index contributed by atoms with van der Waals surface area (Å²) in [6.45, 7) is 1.97. The molecule has 2 heterocycles. The van der Waals surface area contributed by atoms with Crippen molar-refractivity contribution in [2.45, 2.75) is 6.92 Å². The Balaban J connectivity index is 2.26. The summed E-state index contributed by atoms with van der Waals surface area (Å²) in [5.41, 5.74) is 7.81. The number of benzene rings is 1. The maximum atomic E-state index is 13.9. The summed E-state index contributed by atoms with van der Waals surface area (Å²) in [4.78, 5) is 0.919. The van der Waals surface area contributed by atoms with Gasteiger partial charge in [-0.15, -0.1) is 11.3 Å². The molecule has 96 valence electrons. The van der Waals surface area contributed by atoms with Crippen LogP contribution in [-0.4, -0.2) is 5.16 Å². The van der Waals surface area contributed by atoms with E-state index in [1.807, 2.05) is 18.4 Å². The molecule has 3 aromatic rings. The smallest absolute Gasteiger partial charge is 0.187 e. The number of anilines is 1. The summed E-state index contributed by atoms with van der Waals surface area (Å²) in [5, 5.41) is 5.73. The summed E-state index contributed by atoms with van der Waals surface area (Å²) >= 11 is 1.52. The lowest BCUT2D eigenvalue weighted by atomic mass is 10.0. The quantitative estimate of drug-likeness (QED) is 0.765. The Labute approximate surface area is 113 Å². The fourth-order valence-electron chi connectivity index (χ4n) is 1.99. The topological polar surface area (TPSA) is 52.0 Å². The third kappa shape index (κ3) is 1.92. The minimum Gasteiger partial charge on any atom is -0.380 e. The molecular formula is C14H11FN2OS. The number of nitrogens with zero attached hydrogens (tertiary/aromatic N) is 1. The summed E-state index contributed by atoms with van der Waals surface area (Å²) in [7, 11) is 0. The largest absolute Gasteiger partial charge is 0.380 e. The van der Waals surface area contributed by atoms with E-state index in [1.165, 1.54) is 17.4 Å². The molecule has 0 aliphatic heterocycles. The van der Waals surface area contributed by atoms with Gasteiger partial charge in [0.1, 0.15) is 5.82 Å². The normalized spacial score (nSPS) is 10.8. The molecule has 0 spiro atoms. The Morgan fingerprint density at radius 3 is 2.74 bits per heavy atom. The van der Waals surface area contributed by atoms with E-state index in [9.17, 15) is 4.39 Å². The van der Waals surface area contributed by atoms with Crippen LogP contribution in [0.2, 0.25) is 0 Å². The Bertz CT molecular complexity index is 733. The molecule has 0 bridgehead atoms. The molecule has 0 aliphatic rings. The number of thiophene rings is 1. The van der Waals surface area contributed by atoms with Crippen molar-refractivity contribution >= 4 is 17.2 Å². The van der Waals surface area contributed by atoms with Gasteiger partial charge in [-0.25, -0.2) is 4.39 Å².